The minimum absolute atomic E-state index is 0.0681. The number of aliphatic hydroxyl groups excluding tert-OH is 1. The van der Waals surface area contributed by atoms with Crippen LogP contribution in [0.15, 0.2) is 33.5 Å². The minimum atomic E-state index is -0.432. The van der Waals surface area contributed by atoms with Crippen molar-refractivity contribution < 1.29 is 14.6 Å². The van der Waals surface area contributed by atoms with Gasteiger partial charge < -0.3 is 14.6 Å². The summed E-state index contributed by atoms with van der Waals surface area (Å²) in [6.45, 7) is 4.13. The second-order valence-electron chi connectivity index (χ2n) is 4.77. The van der Waals surface area contributed by atoms with E-state index in [1.165, 1.54) is 12.1 Å². The molecule has 1 aromatic heterocycles. The molecule has 0 bridgehead atoms. The van der Waals surface area contributed by atoms with Crippen LogP contribution in [0.4, 0.5) is 0 Å². The van der Waals surface area contributed by atoms with Crippen LogP contribution in [0.1, 0.15) is 18.9 Å². The van der Waals surface area contributed by atoms with Crippen LogP contribution in [0.2, 0.25) is 0 Å². The molecule has 2 aromatic rings. The van der Waals surface area contributed by atoms with E-state index in [9.17, 15) is 9.90 Å². The third kappa shape index (κ3) is 3.37. The summed E-state index contributed by atoms with van der Waals surface area (Å²) in [7, 11) is 0. The predicted molar refractivity (Wildman–Crippen MR) is 76.8 cm³/mol. The highest BCUT2D eigenvalue weighted by molar-refractivity contribution is 5.81. The molecule has 0 fully saturated rings. The van der Waals surface area contributed by atoms with Crippen molar-refractivity contribution in [3.8, 4) is 5.75 Å². The van der Waals surface area contributed by atoms with E-state index in [-0.39, 0.29) is 12.4 Å². The zero-order valence-electron chi connectivity index (χ0n) is 11.5. The van der Waals surface area contributed by atoms with Gasteiger partial charge in [0.15, 0.2) is 0 Å². The highest BCUT2D eigenvalue weighted by atomic mass is 16.4. The van der Waals surface area contributed by atoms with Crippen LogP contribution in [-0.2, 0) is 6.54 Å². The Hall–Kier alpha value is -1.85. The molecule has 0 radical (unpaired) electrons. The summed E-state index contributed by atoms with van der Waals surface area (Å²) in [4.78, 5) is 13.7. The summed E-state index contributed by atoms with van der Waals surface area (Å²) in [5.74, 6) is 0.0681. The molecule has 0 aliphatic rings. The highest BCUT2D eigenvalue weighted by Crippen LogP contribution is 2.22. The summed E-state index contributed by atoms with van der Waals surface area (Å²) < 4.78 is 5.10. The van der Waals surface area contributed by atoms with E-state index >= 15 is 0 Å². The van der Waals surface area contributed by atoms with E-state index in [0.717, 1.165) is 23.9 Å². The highest BCUT2D eigenvalue weighted by Gasteiger charge is 2.10. The lowest BCUT2D eigenvalue weighted by molar-refractivity contribution is 0.190. The van der Waals surface area contributed by atoms with E-state index in [1.807, 2.05) is 0 Å². The molecule has 2 rings (SSSR count). The normalized spacial score (nSPS) is 11.3. The molecule has 0 amide bonds. The molecule has 0 atom stereocenters. The first kappa shape index (κ1) is 14.6. The van der Waals surface area contributed by atoms with Crippen molar-refractivity contribution in [1.82, 2.24) is 4.90 Å². The van der Waals surface area contributed by atoms with E-state index in [0.29, 0.717) is 18.7 Å². The van der Waals surface area contributed by atoms with Crippen molar-refractivity contribution in [2.75, 3.05) is 19.7 Å². The fraction of sp³-hybridized carbons (Fsp3) is 0.400. The van der Waals surface area contributed by atoms with Gasteiger partial charge in [0, 0.05) is 30.6 Å². The van der Waals surface area contributed by atoms with Gasteiger partial charge in [-0.05, 0) is 30.7 Å². The molecule has 1 heterocycles. The van der Waals surface area contributed by atoms with Crippen LogP contribution >= 0.6 is 0 Å². The second kappa shape index (κ2) is 6.54. The fourth-order valence-electron chi connectivity index (χ4n) is 2.32. The van der Waals surface area contributed by atoms with Crippen LogP contribution in [-0.4, -0.2) is 34.8 Å². The molecular formula is C15H19NO4. The molecule has 0 spiro atoms. The summed E-state index contributed by atoms with van der Waals surface area (Å²) in [6.07, 6.45) is 0.972. The fourth-order valence-corrected chi connectivity index (χ4v) is 2.32. The number of nitrogens with zero attached hydrogens (tertiary/aromatic N) is 1. The van der Waals surface area contributed by atoms with Crippen molar-refractivity contribution >= 4 is 11.0 Å². The molecular weight excluding hydrogens is 258 g/mol. The first-order valence-corrected chi connectivity index (χ1v) is 6.73. The SMILES string of the molecule is CCCN(CCO)Cc1cc(=O)oc2cc(O)ccc12. The van der Waals surface area contributed by atoms with Gasteiger partial charge in [-0.1, -0.05) is 6.92 Å². The lowest BCUT2D eigenvalue weighted by Crippen LogP contribution is -2.27. The maximum atomic E-state index is 11.6. The van der Waals surface area contributed by atoms with Crippen LogP contribution in [0.3, 0.4) is 0 Å². The maximum absolute atomic E-state index is 11.6. The monoisotopic (exact) mass is 277 g/mol. The van der Waals surface area contributed by atoms with Gasteiger partial charge in [-0.2, -0.15) is 0 Å². The summed E-state index contributed by atoms with van der Waals surface area (Å²) >= 11 is 0. The Labute approximate surface area is 117 Å². The summed E-state index contributed by atoms with van der Waals surface area (Å²) in [5, 5.41) is 19.4. The van der Waals surface area contributed by atoms with Crippen LogP contribution in [0.25, 0.3) is 11.0 Å². The number of aromatic hydroxyl groups is 1. The number of aliphatic hydroxyl groups is 1. The van der Waals surface area contributed by atoms with Gasteiger partial charge in [0.05, 0.1) is 6.61 Å². The first-order chi connectivity index (χ1) is 9.63. The van der Waals surface area contributed by atoms with E-state index < -0.39 is 5.63 Å². The van der Waals surface area contributed by atoms with Crippen molar-refractivity contribution in [2.45, 2.75) is 19.9 Å². The molecule has 0 aliphatic carbocycles. The smallest absolute Gasteiger partial charge is 0.336 e. The average molecular weight is 277 g/mol. The third-order valence-corrected chi connectivity index (χ3v) is 3.16. The Balaban J connectivity index is 2.39. The van der Waals surface area contributed by atoms with Crippen molar-refractivity contribution in [3.63, 3.8) is 0 Å². The zero-order valence-corrected chi connectivity index (χ0v) is 11.5. The Morgan fingerprint density at radius 2 is 2.05 bits per heavy atom. The van der Waals surface area contributed by atoms with E-state index in [1.54, 1.807) is 12.1 Å². The standard InChI is InChI=1S/C15H19NO4/c1-2-5-16(6-7-17)10-11-8-15(19)20-14-9-12(18)3-4-13(11)14/h3-4,8-9,17-18H,2,5-7,10H2,1H3. The topological polar surface area (TPSA) is 73.9 Å². The molecule has 20 heavy (non-hydrogen) atoms. The Bertz CT molecular complexity index is 629. The number of rotatable bonds is 6. The lowest BCUT2D eigenvalue weighted by atomic mass is 10.1. The third-order valence-electron chi connectivity index (χ3n) is 3.16. The van der Waals surface area contributed by atoms with Gasteiger partial charge in [-0.25, -0.2) is 4.79 Å². The van der Waals surface area contributed by atoms with Crippen LogP contribution in [0, 0.1) is 0 Å². The molecule has 1 aromatic carbocycles. The van der Waals surface area contributed by atoms with Gasteiger partial charge in [-0.3, -0.25) is 4.90 Å². The molecule has 0 aliphatic heterocycles. The molecule has 5 heteroatoms. The first-order valence-electron chi connectivity index (χ1n) is 6.73. The number of benzene rings is 1. The van der Waals surface area contributed by atoms with Gasteiger partial charge in [0.25, 0.3) is 0 Å². The van der Waals surface area contributed by atoms with E-state index in [2.05, 4.69) is 11.8 Å². The number of hydrogen-bond acceptors (Lipinski definition) is 5. The van der Waals surface area contributed by atoms with Gasteiger partial charge in [-0.15, -0.1) is 0 Å². The number of phenolic OH excluding ortho intramolecular Hbond substituents is 1. The number of hydrogen-bond donors (Lipinski definition) is 2. The summed E-state index contributed by atoms with van der Waals surface area (Å²) in [6, 6.07) is 6.23. The Morgan fingerprint density at radius 1 is 1.25 bits per heavy atom. The molecule has 0 saturated heterocycles. The van der Waals surface area contributed by atoms with Crippen LogP contribution in [0.5, 0.6) is 5.75 Å². The van der Waals surface area contributed by atoms with E-state index in [4.69, 9.17) is 9.52 Å². The van der Waals surface area contributed by atoms with Crippen LogP contribution < -0.4 is 5.63 Å². The molecule has 0 saturated carbocycles. The molecule has 5 nitrogen and oxygen atoms in total. The van der Waals surface area contributed by atoms with Gasteiger partial charge in [0.2, 0.25) is 0 Å². The maximum Gasteiger partial charge on any atom is 0.336 e. The second-order valence-corrected chi connectivity index (χ2v) is 4.77. The summed E-state index contributed by atoms with van der Waals surface area (Å²) in [5.41, 5.74) is 0.796. The van der Waals surface area contributed by atoms with Crippen molar-refractivity contribution in [1.29, 1.82) is 0 Å². The lowest BCUT2D eigenvalue weighted by Gasteiger charge is -2.21. The Kier molecular flexibility index (Phi) is 4.76. The van der Waals surface area contributed by atoms with Gasteiger partial charge >= 0.3 is 5.63 Å². The molecule has 2 N–H and O–H groups in total. The average Bonchev–Trinajstić information content (AvgIpc) is 2.38. The largest absolute Gasteiger partial charge is 0.508 e. The van der Waals surface area contributed by atoms with Crippen molar-refractivity contribution in [3.05, 3.63) is 40.2 Å². The number of fused-ring (bicyclic) bond motifs is 1. The zero-order chi connectivity index (χ0) is 14.5. The quantitative estimate of drug-likeness (QED) is 0.786. The number of phenols is 1. The minimum Gasteiger partial charge on any atom is -0.508 e. The van der Waals surface area contributed by atoms with Gasteiger partial charge in [0.1, 0.15) is 11.3 Å². The predicted octanol–water partition coefficient (Wildman–Crippen LogP) is 1.70. The Morgan fingerprint density at radius 3 is 2.75 bits per heavy atom. The van der Waals surface area contributed by atoms with Crippen molar-refractivity contribution in [2.24, 2.45) is 0 Å². The molecule has 0 unspecified atom stereocenters. The molecule has 108 valence electrons.